The molecular weight excluding hydrogens is 440 g/mol. The van der Waals surface area contributed by atoms with Gasteiger partial charge in [-0.1, -0.05) is 84.9 Å². The number of ketones is 2. The van der Waals surface area contributed by atoms with Gasteiger partial charge in [0.25, 0.3) is 0 Å². The van der Waals surface area contributed by atoms with E-state index < -0.39 is 29.4 Å². The zero-order valence-electron chi connectivity index (χ0n) is 23.3. The van der Waals surface area contributed by atoms with Gasteiger partial charge in [-0.3, -0.25) is 19.3 Å². The minimum absolute atomic E-state index is 0.0159. The first-order valence-electron chi connectivity index (χ1n) is 12.4. The monoisotopic (exact) mass is 486 g/mol. The van der Waals surface area contributed by atoms with E-state index in [0.717, 1.165) is 5.56 Å². The van der Waals surface area contributed by atoms with Crippen LogP contribution in [0.1, 0.15) is 67.4 Å². The summed E-state index contributed by atoms with van der Waals surface area (Å²) in [5, 5.41) is 12.2. The van der Waals surface area contributed by atoms with E-state index in [1.54, 1.807) is 13.0 Å². The molecule has 0 aliphatic rings. The number of hydrogen-bond donors (Lipinski definition) is 2. The Bertz CT molecular complexity index is 895. The number of aliphatic hydroxyl groups excluding tert-OH is 1. The van der Waals surface area contributed by atoms with E-state index >= 15 is 0 Å². The molecule has 1 amide bonds. The Morgan fingerprint density at radius 2 is 1.57 bits per heavy atom. The number of aliphatic hydroxyl groups is 1. The lowest BCUT2D eigenvalue weighted by atomic mass is 9.71. The van der Waals surface area contributed by atoms with Crippen molar-refractivity contribution < 1.29 is 19.5 Å². The van der Waals surface area contributed by atoms with Crippen LogP contribution in [-0.2, 0) is 19.8 Å². The van der Waals surface area contributed by atoms with Crippen LogP contribution in [0.4, 0.5) is 0 Å². The fraction of sp³-hybridized carbons (Fsp3) is 0.621. The van der Waals surface area contributed by atoms with Gasteiger partial charge in [0.05, 0.1) is 12.1 Å². The van der Waals surface area contributed by atoms with Gasteiger partial charge >= 0.3 is 0 Å². The summed E-state index contributed by atoms with van der Waals surface area (Å²) < 4.78 is 0. The predicted molar refractivity (Wildman–Crippen MR) is 142 cm³/mol. The highest BCUT2D eigenvalue weighted by Crippen LogP contribution is 2.35. The molecule has 0 bridgehead atoms. The van der Waals surface area contributed by atoms with Gasteiger partial charge in [-0.2, -0.15) is 0 Å². The van der Waals surface area contributed by atoms with Crippen molar-refractivity contribution in [3.8, 4) is 0 Å². The molecule has 1 aromatic rings. The van der Waals surface area contributed by atoms with Crippen LogP contribution in [0.5, 0.6) is 0 Å². The molecule has 6 nitrogen and oxygen atoms in total. The van der Waals surface area contributed by atoms with Crippen molar-refractivity contribution in [1.29, 1.82) is 0 Å². The molecule has 0 radical (unpaired) electrons. The molecule has 0 unspecified atom stereocenters. The molecule has 196 valence electrons. The Balaban J connectivity index is 3.26. The second kappa shape index (κ2) is 12.6. The number of carbonyl (C=O) groups excluding carboxylic acids is 3. The maximum Gasteiger partial charge on any atom is 0.224 e. The van der Waals surface area contributed by atoms with Gasteiger partial charge in [0.1, 0.15) is 6.61 Å². The molecule has 0 aliphatic heterocycles. The average molecular weight is 487 g/mol. The number of amides is 1. The maximum atomic E-state index is 13.8. The molecule has 35 heavy (non-hydrogen) atoms. The molecule has 2 N–H and O–H groups in total. The van der Waals surface area contributed by atoms with Crippen LogP contribution in [0.15, 0.2) is 42.0 Å². The molecule has 0 fully saturated rings. The van der Waals surface area contributed by atoms with Crippen molar-refractivity contribution in [3.05, 3.63) is 47.5 Å². The molecule has 0 aromatic heterocycles. The molecule has 1 aromatic carbocycles. The summed E-state index contributed by atoms with van der Waals surface area (Å²) in [5.74, 6) is -1.08. The quantitative estimate of drug-likeness (QED) is 0.433. The Kier molecular flexibility index (Phi) is 11.1. The Morgan fingerprint density at radius 3 is 2.00 bits per heavy atom. The summed E-state index contributed by atoms with van der Waals surface area (Å²) >= 11 is 0. The zero-order chi connectivity index (χ0) is 27.1. The molecule has 0 saturated carbocycles. The van der Waals surface area contributed by atoms with Crippen LogP contribution in [-0.4, -0.2) is 60.3 Å². The Morgan fingerprint density at radius 1 is 1.03 bits per heavy atom. The van der Waals surface area contributed by atoms with E-state index in [1.807, 2.05) is 83.9 Å². The second-order valence-corrected chi connectivity index (χ2v) is 11.8. The van der Waals surface area contributed by atoms with Gasteiger partial charge in [0.2, 0.25) is 5.91 Å². The van der Waals surface area contributed by atoms with E-state index in [0.29, 0.717) is 5.57 Å². The summed E-state index contributed by atoms with van der Waals surface area (Å²) in [5.41, 5.74) is 0.575. The van der Waals surface area contributed by atoms with E-state index in [2.05, 4.69) is 19.2 Å². The first-order valence-corrected chi connectivity index (χ1v) is 12.4. The lowest BCUT2D eigenvalue weighted by Crippen LogP contribution is -2.52. The molecule has 0 aliphatic carbocycles. The van der Waals surface area contributed by atoms with Gasteiger partial charge in [-0.15, -0.1) is 0 Å². The average Bonchev–Trinajstić information content (AvgIpc) is 2.75. The van der Waals surface area contributed by atoms with Crippen molar-refractivity contribution in [2.75, 3.05) is 20.7 Å². The fourth-order valence-electron chi connectivity index (χ4n) is 4.62. The van der Waals surface area contributed by atoms with Crippen LogP contribution >= 0.6 is 0 Å². The smallest absolute Gasteiger partial charge is 0.224 e. The van der Waals surface area contributed by atoms with Gasteiger partial charge in [0, 0.05) is 17.8 Å². The highest BCUT2D eigenvalue weighted by atomic mass is 16.3. The number of nitrogens with one attached hydrogen (secondary N) is 1. The number of likely N-dealkylation sites (N-methyl/N-ethyl adjacent to an activating group) is 1. The van der Waals surface area contributed by atoms with Crippen molar-refractivity contribution in [1.82, 2.24) is 10.2 Å². The molecule has 6 heteroatoms. The van der Waals surface area contributed by atoms with Crippen molar-refractivity contribution >= 4 is 17.5 Å². The standard InChI is InChI=1S/C29H46N2O4/c1-19(2)23(16-20(3)25(34)18-32)30-27(35)22(28(4,5)6)17-24(33)26(31(9)10)29(7,8)21-14-12-11-13-15-21/h11-16,19,22-23,26,32H,17-18H2,1-10H3,(H,30,35)/b20-16+/t22-,23-,26-/m1/s1. The molecule has 1 rings (SSSR count). The molecule has 3 atom stereocenters. The summed E-state index contributed by atoms with van der Waals surface area (Å²) in [6.45, 7) is 15.0. The highest BCUT2D eigenvalue weighted by Gasteiger charge is 2.42. The SMILES string of the molecule is C/C(=C\[C@@H](NC(=O)[C@@H](CC(=O)[C@@H](N(C)C)C(C)(C)c1ccccc1)C(C)(C)C)C(C)C)C(=O)CO. The first kappa shape index (κ1) is 30.7. The van der Waals surface area contributed by atoms with Crippen LogP contribution in [0.3, 0.4) is 0 Å². The number of carbonyl (C=O) groups is 3. The summed E-state index contributed by atoms with van der Waals surface area (Å²) in [4.78, 5) is 41.1. The molecule has 0 saturated heterocycles. The van der Waals surface area contributed by atoms with E-state index in [9.17, 15) is 14.4 Å². The van der Waals surface area contributed by atoms with E-state index in [4.69, 9.17) is 5.11 Å². The van der Waals surface area contributed by atoms with Crippen LogP contribution in [0, 0.1) is 17.3 Å². The zero-order valence-corrected chi connectivity index (χ0v) is 23.3. The minimum atomic E-state index is -0.566. The largest absolute Gasteiger partial charge is 0.388 e. The third-order valence-corrected chi connectivity index (χ3v) is 6.83. The van der Waals surface area contributed by atoms with Crippen LogP contribution < -0.4 is 5.32 Å². The summed E-state index contributed by atoms with van der Waals surface area (Å²) in [6, 6.07) is 9.18. The van der Waals surface area contributed by atoms with Gasteiger partial charge in [0.15, 0.2) is 11.6 Å². The van der Waals surface area contributed by atoms with Crippen molar-refractivity contribution in [2.24, 2.45) is 17.3 Å². The fourth-order valence-corrected chi connectivity index (χ4v) is 4.62. The van der Waals surface area contributed by atoms with Gasteiger partial charge < -0.3 is 10.4 Å². The lowest BCUT2D eigenvalue weighted by Gasteiger charge is -2.40. The highest BCUT2D eigenvalue weighted by molar-refractivity contribution is 5.96. The topological polar surface area (TPSA) is 86.7 Å². The lowest BCUT2D eigenvalue weighted by molar-refractivity contribution is -0.136. The number of Topliss-reactive ketones (excluding diaryl/α,β-unsaturated/α-hetero) is 2. The van der Waals surface area contributed by atoms with Crippen LogP contribution in [0.25, 0.3) is 0 Å². The normalized spacial score (nSPS) is 15.6. The van der Waals surface area contributed by atoms with Crippen LogP contribution in [0.2, 0.25) is 0 Å². The summed E-state index contributed by atoms with van der Waals surface area (Å²) in [7, 11) is 3.81. The van der Waals surface area contributed by atoms with E-state index in [-0.39, 0.29) is 35.9 Å². The number of rotatable bonds is 12. The Labute approximate surface area is 212 Å². The minimum Gasteiger partial charge on any atom is -0.388 e. The van der Waals surface area contributed by atoms with E-state index in [1.165, 1.54) is 0 Å². The second-order valence-electron chi connectivity index (χ2n) is 11.8. The number of hydrogen-bond acceptors (Lipinski definition) is 5. The van der Waals surface area contributed by atoms with Crippen molar-refractivity contribution in [3.63, 3.8) is 0 Å². The third-order valence-electron chi connectivity index (χ3n) is 6.83. The maximum absolute atomic E-state index is 13.8. The first-order chi connectivity index (χ1) is 16.0. The van der Waals surface area contributed by atoms with Gasteiger partial charge in [-0.05, 0) is 43.5 Å². The van der Waals surface area contributed by atoms with Gasteiger partial charge in [-0.25, -0.2) is 0 Å². The predicted octanol–water partition coefficient (Wildman–Crippen LogP) is 4.16. The Hall–Kier alpha value is -2.31. The third kappa shape index (κ3) is 8.39. The molecular formula is C29H46N2O4. The number of benzene rings is 1. The molecule has 0 heterocycles. The molecule has 0 spiro atoms. The number of nitrogens with zero attached hydrogens (tertiary/aromatic N) is 1. The summed E-state index contributed by atoms with van der Waals surface area (Å²) in [6.07, 6.45) is 1.81. The van der Waals surface area contributed by atoms with Crippen molar-refractivity contribution in [2.45, 2.75) is 79.3 Å².